The zero-order chi connectivity index (χ0) is 21.9. The van der Waals surface area contributed by atoms with Crippen LogP contribution in [-0.2, 0) is 11.3 Å². The summed E-state index contributed by atoms with van der Waals surface area (Å²) in [5, 5.41) is 11.9. The Hall–Kier alpha value is -2.96. The number of hydrogen-bond donors (Lipinski definition) is 2. The van der Waals surface area contributed by atoms with Crippen LogP contribution in [0, 0.1) is 12.8 Å². The van der Waals surface area contributed by atoms with E-state index in [2.05, 4.69) is 37.5 Å². The highest BCUT2D eigenvalue weighted by Gasteiger charge is 2.30. The van der Waals surface area contributed by atoms with Gasteiger partial charge in [-0.05, 0) is 56.9 Å². The van der Waals surface area contributed by atoms with E-state index in [1.807, 2.05) is 25.1 Å². The average molecular weight is 433 g/mol. The fourth-order valence-electron chi connectivity index (χ4n) is 5.18. The maximum absolute atomic E-state index is 13.0. The number of likely N-dealkylation sites (tertiary alicyclic amines) is 1. The molecular weight excluding hydrogens is 400 g/mol. The van der Waals surface area contributed by atoms with Gasteiger partial charge >= 0.3 is 0 Å². The molecule has 3 aromatic heterocycles. The molecule has 2 aliphatic rings. The molecule has 3 aromatic rings. The standard InChI is InChI=1S/C25H32N6O/c1-17-7-5-11-20(27-17)15-26-23-21-12-13-22(28-24(21)30-29-23)19-10-6-14-31(16-19)25(32)18-8-3-2-4-9-18/h5,7,11-13,18-19H,2-4,6,8-10,14-16H2,1H3,(H2,26,28,29,30). The van der Waals surface area contributed by atoms with Crippen LogP contribution in [0.1, 0.15) is 67.9 Å². The number of hydrogen-bond acceptors (Lipinski definition) is 5. The van der Waals surface area contributed by atoms with E-state index < -0.39 is 0 Å². The fraction of sp³-hybridized carbons (Fsp3) is 0.520. The fourth-order valence-corrected chi connectivity index (χ4v) is 5.18. The highest BCUT2D eigenvalue weighted by atomic mass is 16.2. The number of piperidine rings is 1. The number of anilines is 1. The maximum atomic E-state index is 13.0. The molecular formula is C25H32N6O. The first-order chi connectivity index (χ1) is 15.7. The SMILES string of the molecule is Cc1cccc(CNc2n[nH]c3nc(C4CCCN(C(=O)C5CCCCC5)C4)ccc23)n1. The van der Waals surface area contributed by atoms with Gasteiger partial charge in [0.2, 0.25) is 5.91 Å². The molecule has 0 bridgehead atoms. The van der Waals surface area contributed by atoms with Crippen molar-refractivity contribution >= 4 is 22.8 Å². The smallest absolute Gasteiger partial charge is 0.225 e. The third kappa shape index (κ3) is 4.47. The monoisotopic (exact) mass is 432 g/mol. The van der Waals surface area contributed by atoms with Gasteiger partial charge in [-0.3, -0.25) is 14.9 Å². The van der Waals surface area contributed by atoms with E-state index in [-0.39, 0.29) is 11.8 Å². The van der Waals surface area contributed by atoms with Gasteiger partial charge in [0, 0.05) is 36.3 Å². The second-order valence-corrected chi connectivity index (χ2v) is 9.29. The van der Waals surface area contributed by atoms with Crippen LogP contribution < -0.4 is 5.32 Å². The summed E-state index contributed by atoms with van der Waals surface area (Å²) in [6.07, 6.45) is 7.91. The summed E-state index contributed by atoms with van der Waals surface area (Å²) in [6, 6.07) is 10.2. The Bertz CT molecular complexity index is 1090. The lowest BCUT2D eigenvalue weighted by molar-refractivity contribution is -0.137. The van der Waals surface area contributed by atoms with E-state index in [1.54, 1.807) is 0 Å². The Labute approximate surface area is 189 Å². The molecule has 1 aliphatic heterocycles. The summed E-state index contributed by atoms with van der Waals surface area (Å²) in [6.45, 7) is 4.28. The van der Waals surface area contributed by atoms with Gasteiger partial charge in [0.1, 0.15) is 0 Å². The predicted molar refractivity (Wildman–Crippen MR) is 125 cm³/mol. The summed E-state index contributed by atoms with van der Waals surface area (Å²) in [7, 11) is 0. The van der Waals surface area contributed by atoms with Crippen LogP contribution in [0.2, 0.25) is 0 Å². The first-order valence-corrected chi connectivity index (χ1v) is 12.0. The van der Waals surface area contributed by atoms with E-state index >= 15 is 0 Å². The zero-order valence-corrected chi connectivity index (χ0v) is 18.8. The van der Waals surface area contributed by atoms with Gasteiger partial charge in [0.15, 0.2) is 11.5 Å². The summed E-state index contributed by atoms with van der Waals surface area (Å²) >= 11 is 0. The van der Waals surface area contributed by atoms with Gasteiger partial charge in [0.25, 0.3) is 0 Å². The van der Waals surface area contributed by atoms with Crippen molar-refractivity contribution in [2.45, 2.75) is 64.3 Å². The van der Waals surface area contributed by atoms with E-state index in [0.29, 0.717) is 12.5 Å². The van der Waals surface area contributed by atoms with Crippen LogP contribution >= 0.6 is 0 Å². The van der Waals surface area contributed by atoms with E-state index in [4.69, 9.17) is 4.98 Å². The number of aromatic amines is 1. The number of nitrogens with zero attached hydrogens (tertiary/aromatic N) is 4. The largest absolute Gasteiger partial charge is 0.362 e. The Morgan fingerprint density at radius 1 is 1.09 bits per heavy atom. The van der Waals surface area contributed by atoms with Crippen molar-refractivity contribution in [3.8, 4) is 0 Å². The molecule has 0 spiro atoms. The van der Waals surface area contributed by atoms with Crippen LogP contribution in [0.3, 0.4) is 0 Å². The highest BCUT2D eigenvalue weighted by Crippen LogP contribution is 2.31. The molecule has 1 saturated carbocycles. The molecule has 32 heavy (non-hydrogen) atoms. The van der Waals surface area contributed by atoms with Crippen molar-refractivity contribution in [1.29, 1.82) is 0 Å². The normalized spacial score (nSPS) is 19.9. The second-order valence-electron chi connectivity index (χ2n) is 9.29. The molecule has 7 heteroatoms. The minimum absolute atomic E-state index is 0.238. The van der Waals surface area contributed by atoms with Crippen molar-refractivity contribution in [1.82, 2.24) is 25.1 Å². The van der Waals surface area contributed by atoms with Gasteiger partial charge in [-0.2, -0.15) is 5.10 Å². The lowest BCUT2D eigenvalue weighted by Gasteiger charge is -2.35. The molecule has 1 unspecified atom stereocenters. The quantitative estimate of drug-likeness (QED) is 0.617. The van der Waals surface area contributed by atoms with Gasteiger partial charge < -0.3 is 10.2 Å². The third-order valence-electron chi connectivity index (χ3n) is 6.93. The van der Waals surface area contributed by atoms with Gasteiger partial charge in [-0.1, -0.05) is 25.3 Å². The molecule has 1 aliphatic carbocycles. The van der Waals surface area contributed by atoms with Crippen LogP contribution in [-0.4, -0.2) is 44.1 Å². The second kappa shape index (κ2) is 9.27. The average Bonchev–Trinajstić information content (AvgIpc) is 3.25. The number of nitrogens with one attached hydrogen (secondary N) is 2. The van der Waals surface area contributed by atoms with Crippen LogP contribution in [0.5, 0.6) is 0 Å². The van der Waals surface area contributed by atoms with Gasteiger partial charge in [-0.25, -0.2) is 4.98 Å². The Kier molecular flexibility index (Phi) is 6.06. The molecule has 4 heterocycles. The third-order valence-corrected chi connectivity index (χ3v) is 6.93. The van der Waals surface area contributed by atoms with Crippen molar-refractivity contribution in [3.05, 3.63) is 47.4 Å². The van der Waals surface area contributed by atoms with E-state index in [0.717, 1.165) is 72.7 Å². The number of aryl methyl sites for hydroxylation is 1. The van der Waals surface area contributed by atoms with Crippen LogP contribution in [0.15, 0.2) is 30.3 Å². The van der Waals surface area contributed by atoms with Crippen LogP contribution in [0.4, 0.5) is 5.82 Å². The van der Waals surface area contributed by atoms with E-state index in [1.165, 1.54) is 19.3 Å². The molecule has 7 nitrogen and oxygen atoms in total. The molecule has 1 saturated heterocycles. The Morgan fingerprint density at radius 3 is 2.81 bits per heavy atom. The number of pyridine rings is 2. The first kappa shape index (κ1) is 20.9. The van der Waals surface area contributed by atoms with Crippen LogP contribution in [0.25, 0.3) is 11.0 Å². The zero-order valence-electron chi connectivity index (χ0n) is 18.8. The van der Waals surface area contributed by atoms with Crippen molar-refractivity contribution < 1.29 is 4.79 Å². The molecule has 2 N–H and O–H groups in total. The molecule has 1 amide bonds. The molecule has 2 fully saturated rings. The summed E-state index contributed by atoms with van der Waals surface area (Å²) in [5.74, 6) is 1.69. The summed E-state index contributed by atoms with van der Waals surface area (Å²) < 4.78 is 0. The number of carbonyl (C=O) groups is 1. The summed E-state index contributed by atoms with van der Waals surface area (Å²) in [5.41, 5.74) is 3.83. The number of aromatic nitrogens is 4. The van der Waals surface area contributed by atoms with E-state index in [9.17, 15) is 4.79 Å². The Balaban J connectivity index is 1.27. The molecule has 0 radical (unpaired) electrons. The number of fused-ring (bicyclic) bond motifs is 1. The summed E-state index contributed by atoms with van der Waals surface area (Å²) in [4.78, 5) is 24.6. The molecule has 1 atom stereocenters. The van der Waals surface area contributed by atoms with Crippen molar-refractivity contribution in [2.75, 3.05) is 18.4 Å². The van der Waals surface area contributed by atoms with Crippen molar-refractivity contribution in [2.24, 2.45) is 5.92 Å². The maximum Gasteiger partial charge on any atom is 0.225 e. The molecule has 5 rings (SSSR count). The topological polar surface area (TPSA) is 86.8 Å². The minimum atomic E-state index is 0.238. The molecule has 168 valence electrons. The number of rotatable bonds is 5. The lowest BCUT2D eigenvalue weighted by Crippen LogP contribution is -2.43. The Morgan fingerprint density at radius 2 is 1.97 bits per heavy atom. The highest BCUT2D eigenvalue weighted by molar-refractivity contribution is 5.87. The number of H-pyrrole nitrogens is 1. The minimum Gasteiger partial charge on any atom is -0.362 e. The number of carbonyl (C=O) groups excluding carboxylic acids is 1. The van der Waals surface area contributed by atoms with Gasteiger partial charge in [0.05, 0.1) is 17.6 Å². The number of amides is 1. The lowest BCUT2D eigenvalue weighted by atomic mass is 9.86. The van der Waals surface area contributed by atoms with Crippen molar-refractivity contribution in [3.63, 3.8) is 0 Å². The molecule has 0 aromatic carbocycles. The predicted octanol–water partition coefficient (Wildman–Crippen LogP) is 4.56. The first-order valence-electron chi connectivity index (χ1n) is 12.0. The van der Waals surface area contributed by atoms with Gasteiger partial charge in [-0.15, -0.1) is 0 Å².